The van der Waals surface area contributed by atoms with Crippen LogP contribution in [-0.4, -0.2) is 19.6 Å². The fourth-order valence-electron chi connectivity index (χ4n) is 6.37. The lowest BCUT2D eigenvalue weighted by molar-refractivity contribution is 0.457. The molecule has 0 amide bonds. The number of hydrogen-bond acceptors (Lipinski definition) is 4. The second-order valence-corrected chi connectivity index (χ2v) is 12.5. The molecule has 0 saturated heterocycles. The van der Waals surface area contributed by atoms with Gasteiger partial charge in [-0.15, -0.1) is 0 Å². The van der Waals surface area contributed by atoms with Gasteiger partial charge in [-0.25, -0.2) is 9.97 Å². The molecule has 0 bridgehead atoms. The number of aromatic nitrogens is 3. The van der Waals surface area contributed by atoms with E-state index in [-0.39, 0.29) is 11.2 Å². The summed E-state index contributed by atoms with van der Waals surface area (Å²) in [5, 5.41) is 15.3. The Balaban J connectivity index is 1.30. The number of hydrogen-bond donors (Lipinski definition) is 1. The average molecular weight is 586 g/mol. The molecule has 0 aliphatic rings. The standard InChI is InChI=1S/C40H31N3O2/c1-40(2,3)31-24-37(42-39-35(44)21-20-28(38(31)39)25-11-5-4-6-12-25)45-27-18-19-30-29-14-8-10-16-33(29)43(34(30)23-27)36-22-17-26-13-7-9-15-32(26)41-36/h4-24,44H,1-3H3. The van der Waals surface area contributed by atoms with Gasteiger partial charge < -0.3 is 9.84 Å². The summed E-state index contributed by atoms with van der Waals surface area (Å²) in [5.74, 6) is 2.05. The molecule has 45 heavy (non-hydrogen) atoms. The molecule has 0 aliphatic carbocycles. The lowest BCUT2D eigenvalue weighted by Gasteiger charge is -2.24. The van der Waals surface area contributed by atoms with Gasteiger partial charge in [0.25, 0.3) is 0 Å². The van der Waals surface area contributed by atoms with Crippen LogP contribution in [-0.2, 0) is 5.41 Å². The van der Waals surface area contributed by atoms with Gasteiger partial charge in [0.1, 0.15) is 22.8 Å². The van der Waals surface area contributed by atoms with Gasteiger partial charge in [0.2, 0.25) is 5.88 Å². The maximum Gasteiger partial charge on any atom is 0.220 e. The number of phenols is 1. The minimum Gasteiger partial charge on any atom is -0.506 e. The van der Waals surface area contributed by atoms with Crippen molar-refractivity contribution in [3.63, 3.8) is 0 Å². The number of benzene rings is 5. The third kappa shape index (κ3) is 4.56. The number of aromatic hydroxyl groups is 1. The second-order valence-electron chi connectivity index (χ2n) is 12.5. The highest BCUT2D eigenvalue weighted by atomic mass is 16.5. The third-order valence-corrected chi connectivity index (χ3v) is 8.49. The molecule has 5 heteroatoms. The van der Waals surface area contributed by atoms with Crippen LogP contribution in [0.4, 0.5) is 0 Å². The first-order valence-electron chi connectivity index (χ1n) is 15.1. The molecule has 8 rings (SSSR count). The summed E-state index contributed by atoms with van der Waals surface area (Å²) in [6.45, 7) is 6.52. The van der Waals surface area contributed by atoms with E-state index in [1.807, 2.05) is 54.6 Å². The number of rotatable bonds is 4. The fourth-order valence-corrected chi connectivity index (χ4v) is 6.37. The van der Waals surface area contributed by atoms with Crippen LogP contribution in [0.2, 0.25) is 0 Å². The molecular formula is C40H31N3O2. The molecule has 0 atom stereocenters. The summed E-state index contributed by atoms with van der Waals surface area (Å²) in [5.41, 5.74) is 6.44. The van der Waals surface area contributed by atoms with E-state index >= 15 is 0 Å². The summed E-state index contributed by atoms with van der Waals surface area (Å²) in [6.07, 6.45) is 0. The molecule has 0 fully saturated rings. The molecule has 0 spiro atoms. The Hall–Kier alpha value is -5.68. The van der Waals surface area contributed by atoms with Crippen LogP contribution in [0.15, 0.2) is 127 Å². The topological polar surface area (TPSA) is 60.2 Å². The Morgan fingerprint density at radius 3 is 2.27 bits per heavy atom. The van der Waals surface area contributed by atoms with Gasteiger partial charge in [0, 0.05) is 33.7 Å². The normalized spacial score (nSPS) is 12.0. The predicted molar refractivity (Wildman–Crippen MR) is 184 cm³/mol. The lowest BCUT2D eigenvalue weighted by Crippen LogP contribution is -2.13. The molecule has 3 aromatic heterocycles. The van der Waals surface area contributed by atoms with Gasteiger partial charge in [0.15, 0.2) is 0 Å². The maximum atomic E-state index is 11.1. The predicted octanol–water partition coefficient (Wildman–Crippen LogP) is 10.3. The van der Waals surface area contributed by atoms with Crippen LogP contribution >= 0.6 is 0 Å². The highest BCUT2D eigenvalue weighted by molar-refractivity contribution is 6.09. The summed E-state index contributed by atoms with van der Waals surface area (Å²) < 4.78 is 8.72. The molecule has 1 N–H and O–H groups in total. The molecule has 0 unspecified atom stereocenters. The monoisotopic (exact) mass is 585 g/mol. The van der Waals surface area contributed by atoms with E-state index in [9.17, 15) is 5.11 Å². The quantitative estimate of drug-likeness (QED) is 0.223. The number of pyridine rings is 2. The Morgan fingerprint density at radius 2 is 1.42 bits per heavy atom. The minimum absolute atomic E-state index is 0.124. The third-order valence-electron chi connectivity index (χ3n) is 8.49. The van der Waals surface area contributed by atoms with Crippen LogP contribution in [0.5, 0.6) is 17.4 Å². The molecule has 5 aromatic carbocycles. The molecule has 0 saturated carbocycles. The van der Waals surface area contributed by atoms with Gasteiger partial charge in [-0.05, 0) is 70.6 Å². The molecule has 0 radical (unpaired) electrons. The van der Waals surface area contributed by atoms with E-state index in [1.54, 1.807) is 6.07 Å². The molecule has 8 aromatic rings. The molecular weight excluding hydrogens is 554 g/mol. The van der Waals surface area contributed by atoms with E-state index in [4.69, 9.17) is 14.7 Å². The Labute approximate surface area is 261 Å². The molecule has 5 nitrogen and oxygen atoms in total. The van der Waals surface area contributed by atoms with Crippen LogP contribution in [0.3, 0.4) is 0 Å². The number of para-hydroxylation sites is 2. The highest BCUT2D eigenvalue weighted by Crippen LogP contribution is 2.42. The molecule has 0 aliphatic heterocycles. The zero-order chi connectivity index (χ0) is 30.7. The summed E-state index contributed by atoms with van der Waals surface area (Å²) in [6, 6.07) is 42.8. The van der Waals surface area contributed by atoms with E-state index in [2.05, 4.69) is 92.1 Å². The van der Waals surface area contributed by atoms with Crippen molar-refractivity contribution in [3.8, 4) is 34.3 Å². The molecule has 3 heterocycles. The van der Waals surface area contributed by atoms with Gasteiger partial charge >= 0.3 is 0 Å². The number of ether oxygens (including phenoxy) is 1. The van der Waals surface area contributed by atoms with E-state index in [1.165, 1.54) is 0 Å². The van der Waals surface area contributed by atoms with E-state index < -0.39 is 0 Å². The Morgan fingerprint density at radius 1 is 0.667 bits per heavy atom. The summed E-state index contributed by atoms with van der Waals surface area (Å²) in [4.78, 5) is 9.91. The van der Waals surface area contributed by atoms with Crippen molar-refractivity contribution in [2.75, 3.05) is 0 Å². The van der Waals surface area contributed by atoms with Crippen molar-refractivity contribution >= 4 is 43.6 Å². The second kappa shape index (κ2) is 10.2. The first-order chi connectivity index (χ1) is 21.8. The van der Waals surface area contributed by atoms with E-state index in [0.717, 1.165) is 60.6 Å². The SMILES string of the molecule is CC(C)(C)c1cc(Oc2ccc3c4ccccc4n(-c4ccc5ccccc5n4)c3c2)nc2c(O)ccc(-c3ccccc3)c12. The first kappa shape index (κ1) is 26.9. The lowest BCUT2D eigenvalue weighted by atomic mass is 9.82. The number of phenolic OH excluding ortho intramolecular Hbond substituents is 1. The van der Waals surface area contributed by atoms with Gasteiger partial charge in [-0.1, -0.05) is 87.5 Å². The first-order valence-corrected chi connectivity index (χ1v) is 15.1. The van der Waals surface area contributed by atoms with Crippen molar-refractivity contribution in [2.45, 2.75) is 26.2 Å². The van der Waals surface area contributed by atoms with Crippen molar-refractivity contribution < 1.29 is 9.84 Å². The van der Waals surface area contributed by atoms with Crippen LogP contribution in [0.25, 0.3) is 60.6 Å². The van der Waals surface area contributed by atoms with Crippen molar-refractivity contribution in [2.24, 2.45) is 0 Å². The van der Waals surface area contributed by atoms with Crippen molar-refractivity contribution in [1.82, 2.24) is 14.5 Å². The van der Waals surface area contributed by atoms with Crippen LogP contribution in [0, 0.1) is 0 Å². The van der Waals surface area contributed by atoms with Crippen molar-refractivity contribution in [1.29, 1.82) is 0 Å². The van der Waals surface area contributed by atoms with Crippen LogP contribution in [0.1, 0.15) is 26.3 Å². The van der Waals surface area contributed by atoms with E-state index in [0.29, 0.717) is 17.1 Å². The summed E-state index contributed by atoms with van der Waals surface area (Å²) in [7, 11) is 0. The molecule has 218 valence electrons. The maximum absolute atomic E-state index is 11.1. The van der Waals surface area contributed by atoms with Gasteiger partial charge in [0.05, 0.1) is 16.6 Å². The highest BCUT2D eigenvalue weighted by Gasteiger charge is 2.24. The van der Waals surface area contributed by atoms with Crippen molar-refractivity contribution in [3.05, 3.63) is 133 Å². The van der Waals surface area contributed by atoms with Gasteiger partial charge in [-0.2, -0.15) is 0 Å². The Kier molecular flexibility index (Phi) is 6.10. The number of fused-ring (bicyclic) bond motifs is 5. The zero-order valence-corrected chi connectivity index (χ0v) is 25.3. The minimum atomic E-state index is -0.241. The smallest absolute Gasteiger partial charge is 0.220 e. The zero-order valence-electron chi connectivity index (χ0n) is 25.3. The Bertz CT molecular complexity index is 2400. The largest absolute Gasteiger partial charge is 0.506 e. The van der Waals surface area contributed by atoms with Gasteiger partial charge in [-0.3, -0.25) is 4.57 Å². The van der Waals surface area contributed by atoms with Crippen LogP contribution < -0.4 is 4.74 Å². The summed E-state index contributed by atoms with van der Waals surface area (Å²) >= 11 is 0. The average Bonchev–Trinajstić information content (AvgIpc) is 3.38. The number of nitrogens with zero attached hydrogens (tertiary/aromatic N) is 3. The fraction of sp³-hybridized carbons (Fsp3) is 0.100.